The SMILES string of the molecule is O=C(Oc1ccc2ccccc2c1Br)c1cccc(OCCOc2ccccc2)c1. The fourth-order valence-electron chi connectivity index (χ4n) is 3.00. The molecular weight excluding hydrogens is 444 g/mol. The Balaban J connectivity index is 1.38. The number of carbonyl (C=O) groups is 1. The lowest BCUT2D eigenvalue weighted by Gasteiger charge is -2.11. The van der Waals surface area contributed by atoms with Crippen LogP contribution in [0.2, 0.25) is 0 Å². The summed E-state index contributed by atoms with van der Waals surface area (Å²) in [7, 11) is 0. The van der Waals surface area contributed by atoms with E-state index in [1.54, 1.807) is 30.3 Å². The molecule has 0 heterocycles. The largest absolute Gasteiger partial charge is 0.490 e. The van der Waals surface area contributed by atoms with Gasteiger partial charge in [-0.3, -0.25) is 0 Å². The van der Waals surface area contributed by atoms with Crippen LogP contribution >= 0.6 is 15.9 Å². The first kappa shape index (κ1) is 20.0. The topological polar surface area (TPSA) is 44.8 Å². The summed E-state index contributed by atoms with van der Waals surface area (Å²) in [5.41, 5.74) is 0.413. The van der Waals surface area contributed by atoms with Gasteiger partial charge < -0.3 is 14.2 Å². The van der Waals surface area contributed by atoms with E-state index in [2.05, 4.69) is 15.9 Å². The third kappa shape index (κ3) is 4.81. The number of para-hydroxylation sites is 1. The van der Waals surface area contributed by atoms with Gasteiger partial charge in [-0.05, 0) is 63.1 Å². The molecule has 0 atom stereocenters. The second-order valence-corrected chi connectivity index (χ2v) is 7.32. The lowest BCUT2D eigenvalue weighted by molar-refractivity contribution is 0.0733. The van der Waals surface area contributed by atoms with Crippen molar-refractivity contribution < 1.29 is 19.0 Å². The highest BCUT2D eigenvalue weighted by molar-refractivity contribution is 9.10. The summed E-state index contributed by atoms with van der Waals surface area (Å²) >= 11 is 3.54. The summed E-state index contributed by atoms with van der Waals surface area (Å²) in [5, 5.41) is 2.05. The minimum Gasteiger partial charge on any atom is -0.490 e. The molecule has 4 aromatic rings. The van der Waals surface area contributed by atoms with E-state index in [-0.39, 0.29) is 0 Å². The van der Waals surface area contributed by atoms with E-state index >= 15 is 0 Å². The van der Waals surface area contributed by atoms with Crippen molar-refractivity contribution in [3.63, 3.8) is 0 Å². The zero-order chi connectivity index (χ0) is 20.8. The van der Waals surface area contributed by atoms with Crippen molar-refractivity contribution in [1.29, 1.82) is 0 Å². The average Bonchev–Trinajstić information content (AvgIpc) is 2.80. The maximum Gasteiger partial charge on any atom is 0.343 e. The summed E-state index contributed by atoms with van der Waals surface area (Å²) in [4.78, 5) is 12.6. The molecule has 0 amide bonds. The van der Waals surface area contributed by atoms with E-state index in [0.29, 0.717) is 30.3 Å². The normalized spacial score (nSPS) is 10.6. The van der Waals surface area contributed by atoms with Crippen LogP contribution in [0.15, 0.2) is 95.5 Å². The van der Waals surface area contributed by atoms with Crippen molar-refractivity contribution >= 4 is 32.7 Å². The van der Waals surface area contributed by atoms with Crippen LogP contribution in [0.5, 0.6) is 17.2 Å². The average molecular weight is 463 g/mol. The Labute approximate surface area is 183 Å². The van der Waals surface area contributed by atoms with Crippen LogP contribution in [0.4, 0.5) is 0 Å². The smallest absolute Gasteiger partial charge is 0.343 e. The minimum atomic E-state index is -0.447. The number of esters is 1. The predicted octanol–water partition coefficient (Wildman–Crippen LogP) is 6.28. The molecule has 0 saturated carbocycles. The number of hydrogen-bond donors (Lipinski definition) is 0. The Morgan fingerprint density at radius 2 is 1.43 bits per heavy atom. The standard InChI is InChI=1S/C25H19BrO4/c26-24-22-12-5-4-7-18(22)13-14-23(24)30-25(27)19-8-6-11-21(17-19)29-16-15-28-20-9-2-1-3-10-20/h1-14,17H,15-16H2. The number of hydrogen-bond acceptors (Lipinski definition) is 4. The fourth-order valence-corrected chi connectivity index (χ4v) is 3.57. The maximum absolute atomic E-state index is 12.6. The van der Waals surface area contributed by atoms with Crippen molar-refractivity contribution in [2.75, 3.05) is 13.2 Å². The minimum absolute atomic E-state index is 0.365. The zero-order valence-corrected chi connectivity index (χ0v) is 17.7. The van der Waals surface area contributed by atoms with Gasteiger partial charge in [-0.1, -0.05) is 54.6 Å². The summed E-state index contributed by atoms with van der Waals surface area (Å²) in [6, 6.07) is 28.1. The third-order valence-corrected chi connectivity index (χ3v) is 5.28. The van der Waals surface area contributed by atoms with Gasteiger partial charge in [0.05, 0.1) is 10.0 Å². The molecule has 4 nitrogen and oxygen atoms in total. The van der Waals surface area contributed by atoms with Gasteiger partial charge >= 0.3 is 5.97 Å². The Kier molecular flexibility index (Phi) is 6.30. The molecule has 0 aliphatic rings. The molecule has 0 N–H and O–H groups in total. The van der Waals surface area contributed by atoms with Gasteiger partial charge in [-0.15, -0.1) is 0 Å². The molecule has 4 rings (SSSR count). The Bertz CT molecular complexity index is 1160. The first-order chi connectivity index (χ1) is 14.7. The molecule has 4 aromatic carbocycles. The summed E-state index contributed by atoms with van der Waals surface area (Å²) in [6.07, 6.45) is 0. The molecule has 0 aromatic heterocycles. The van der Waals surface area contributed by atoms with Crippen LogP contribution in [0.25, 0.3) is 10.8 Å². The lowest BCUT2D eigenvalue weighted by Crippen LogP contribution is -2.11. The molecule has 0 radical (unpaired) electrons. The van der Waals surface area contributed by atoms with Crippen molar-refractivity contribution in [2.45, 2.75) is 0 Å². The van der Waals surface area contributed by atoms with Crippen LogP contribution in [-0.2, 0) is 0 Å². The van der Waals surface area contributed by atoms with Gasteiger partial charge in [0.25, 0.3) is 0 Å². The second-order valence-electron chi connectivity index (χ2n) is 6.53. The number of halogens is 1. The third-order valence-electron chi connectivity index (χ3n) is 4.46. The number of ether oxygens (including phenoxy) is 3. The molecule has 0 unspecified atom stereocenters. The maximum atomic E-state index is 12.6. The summed E-state index contributed by atoms with van der Waals surface area (Å²) in [5.74, 6) is 1.40. The Morgan fingerprint density at radius 1 is 0.733 bits per heavy atom. The molecule has 0 bridgehead atoms. The van der Waals surface area contributed by atoms with Gasteiger partial charge in [-0.2, -0.15) is 0 Å². The second kappa shape index (κ2) is 9.46. The van der Waals surface area contributed by atoms with E-state index in [9.17, 15) is 4.79 Å². The highest BCUT2D eigenvalue weighted by Gasteiger charge is 2.13. The molecule has 150 valence electrons. The first-order valence-electron chi connectivity index (χ1n) is 9.51. The molecular formula is C25H19BrO4. The van der Waals surface area contributed by atoms with E-state index in [0.717, 1.165) is 21.0 Å². The molecule has 30 heavy (non-hydrogen) atoms. The molecule has 0 aliphatic heterocycles. The number of benzene rings is 4. The fraction of sp³-hybridized carbons (Fsp3) is 0.0800. The van der Waals surface area contributed by atoms with Gasteiger partial charge in [0.15, 0.2) is 0 Å². The molecule has 5 heteroatoms. The first-order valence-corrected chi connectivity index (χ1v) is 10.3. The lowest BCUT2D eigenvalue weighted by atomic mass is 10.1. The van der Waals surface area contributed by atoms with Gasteiger partial charge in [0, 0.05) is 0 Å². The van der Waals surface area contributed by atoms with Gasteiger partial charge in [-0.25, -0.2) is 4.79 Å². The van der Waals surface area contributed by atoms with Crippen molar-refractivity contribution in [3.8, 4) is 17.2 Å². The number of fused-ring (bicyclic) bond motifs is 1. The summed E-state index contributed by atoms with van der Waals surface area (Å²) < 4.78 is 17.7. The van der Waals surface area contributed by atoms with Crippen molar-refractivity contribution in [3.05, 3.63) is 101 Å². The van der Waals surface area contributed by atoms with Crippen LogP contribution in [-0.4, -0.2) is 19.2 Å². The van der Waals surface area contributed by atoms with Crippen LogP contribution < -0.4 is 14.2 Å². The highest BCUT2D eigenvalue weighted by atomic mass is 79.9. The molecule has 0 aliphatic carbocycles. The van der Waals surface area contributed by atoms with Crippen LogP contribution in [0.1, 0.15) is 10.4 Å². The highest BCUT2D eigenvalue weighted by Crippen LogP contribution is 2.33. The van der Waals surface area contributed by atoms with E-state index < -0.39 is 5.97 Å². The van der Waals surface area contributed by atoms with Crippen molar-refractivity contribution in [1.82, 2.24) is 0 Å². The van der Waals surface area contributed by atoms with E-state index in [1.165, 1.54) is 0 Å². The number of rotatable bonds is 7. The van der Waals surface area contributed by atoms with Gasteiger partial charge in [0.2, 0.25) is 0 Å². The number of carbonyl (C=O) groups excluding carboxylic acids is 1. The Hall–Kier alpha value is -3.31. The molecule has 0 saturated heterocycles. The van der Waals surface area contributed by atoms with E-state index in [1.807, 2.05) is 60.7 Å². The van der Waals surface area contributed by atoms with Gasteiger partial charge in [0.1, 0.15) is 30.5 Å². The Morgan fingerprint density at radius 3 is 2.27 bits per heavy atom. The molecule has 0 spiro atoms. The quantitative estimate of drug-likeness (QED) is 0.184. The van der Waals surface area contributed by atoms with Crippen LogP contribution in [0.3, 0.4) is 0 Å². The summed E-state index contributed by atoms with van der Waals surface area (Å²) in [6.45, 7) is 0.770. The monoisotopic (exact) mass is 462 g/mol. The molecule has 0 fully saturated rings. The predicted molar refractivity (Wildman–Crippen MR) is 120 cm³/mol. The van der Waals surface area contributed by atoms with Crippen molar-refractivity contribution in [2.24, 2.45) is 0 Å². The van der Waals surface area contributed by atoms with Crippen LogP contribution in [0, 0.1) is 0 Å². The zero-order valence-electron chi connectivity index (χ0n) is 16.1. The van der Waals surface area contributed by atoms with E-state index in [4.69, 9.17) is 14.2 Å².